The molecule has 5 rings (SSSR count). The topological polar surface area (TPSA) is 61.8 Å². The van der Waals surface area contributed by atoms with Crippen LogP contribution in [0.1, 0.15) is 69.2 Å². The number of carbonyl (C=O) groups is 2. The van der Waals surface area contributed by atoms with Crippen LogP contribution in [0.5, 0.6) is 11.5 Å². The van der Waals surface area contributed by atoms with Crippen molar-refractivity contribution in [3.63, 3.8) is 0 Å². The van der Waals surface area contributed by atoms with E-state index in [-0.39, 0.29) is 17.0 Å². The lowest BCUT2D eigenvalue weighted by atomic mass is 9.99. The molecule has 0 bridgehead atoms. The van der Waals surface area contributed by atoms with Crippen molar-refractivity contribution in [1.82, 2.24) is 0 Å². The summed E-state index contributed by atoms with van der Waals surface area (Å²) in [6, 6.07) is 19.6. The molecule has 5 nitrogen and oxygen atoms in total. The highest BCUT2D eigenvalue weighted by Gasteiger charge is 2.27. The average Bonchev–Trinajstić information content (AvgIpc) is 3.22. The minimum absolute atomic E-state index is 0.0980. The second-order valence-electron chi connectivity index (χ2n) is 10.1. The van der Waals surface area contributed by atoms with Gasteiger partial charge in [-0.15, -0.1) is 0 Å². The smallest absolute Gasteiger partial charge is 0.346 e. The van der Waals surface area contributed by atoms with Gasteiger partial charge in [-0.1, -0.05) is 44.5 Å². The molecule has 1 aliphatic rings. The van der Waals surface area contributed by atoms with Crippen molar-refractivity contribution < 1.29 is 32.6 Å². The predicted octanol–water partition coefficient (Wildman–Crippen LogP) is 7.68. The molecule has 41 heavy (non-hydrogen) atoms. The van der Waals surface area contributed by atoms with Crippen LogP contribution in [-0.2, 0) is 17.6 Å². The van der Waals surface area contributed by atoms with Crippen LogP contribution in [-0.4, -0.2) is 25.7 Å². The lowest BCUT2D eigenvalue weighted by Gasteiger charge is -2.11. The molecule has 7 heteroatoms. The van der Waals surface area contributed by atoms with Gasteiger partial charge < -0.3 is 14.2 Å². The van der Waals surface area contributed by atoms with Crippen LogP contribution in [0.15, 0.2) is 72.8 Å². The van der Waals surface area contributed by atoms with Gasteiger partial charge in [-0.05, 0) is 94.8 Å². The number of ether oxygens (including phenoxy) is 3. The maximum Gasteiger partial charge on any atom is 0.346 e. The Hall–Kier alpha value is -4.36. The molecule has 1 atom stereocenters. The van der Waals surface area contributed by atoms with E-state index in [0.29, 0.717) is 24.5 Å². The number of esters is 2. The number of carbonyl (C=O) groups excluding carboxylic acids is 2. The fraction of sp³-hybridized carbons (Fsp3) is 0.235. The van der Waals surface area contributed by atoms with Crippen LogP contribution >= 0.6 is 0 Å². The second-order valence-corrected chi connectivity index (χ2v) is 10.1. The van der Waals surface area contributed by atoms with Crippen molar-refractivity contribution in [2.24, 2.45) is 0 Å². The predicted molar refractivity (Wildman–Crippen MR) is 152 cm³/mol. The zero-order chi connectivity index (χ0) is 29.1. The molecular formula is C34H30F2O5. The van der Waals surface area contributed by atoms with Gasteiger partial charge >= 0.3 is 11.9 Å². The van der Waals surface area contributed by atoms with Gasteiger partial charge in [0.05, 0.1) is 17.7 Å². The molecule has 0 saturated heterocycles. The van der Waals surface area contributed by atoms with E-state index in [4.69, 9.17) is 14.2 Å². The molecule has 0 amide bonds. The van der Waals surface area contributed by atoms with Crippen molar-refractivity contribution >= 4 is 11.9 Å². The number of methoxy groups -OCH3 is 1. The minimum Gasteiger partial charge on any atom is -0.423 e. The highest BCUT2D eigenvalue weighted by molar-refractivity contribution is 5.92. The SMILES string of the molecule is CCCc1ccc(C(=O)Oc2ccc3c(c2)C(C)c2cc(OC(=O)c4ccc(CCOC)cc4F)ccc2-3)c(F)c1. The third-order valence-corrected chi connectivity index (χ3v) is 7.33. The van der Waals surface area contributed by atoms with Crippen LogP contribution in [0.4, 0.5) is 8.78 Å². The lowest BCUT2D eigenvalue weighted by molar-refractivity contribution is 0.0720. The van der Waals surface area contributed by atoms with E-state index in [0.717, 1.165) is 46.2 Å². The van der Waals surface area contributed by atoms with Gasteiger partial charge in [0.15, 0.2) is 0 Å². The number of halogens is 2. The molecule has 4 aromatic carbocycles. The maximum atomic E-state index is 14.6. The number of aryl methyl sites for hydroxylation is 1. The molecule has 0 radical (unpaired) electrons. The quantitative estimate of drug-likeness (QED) is 0.156. The van der Waals surface area contributed by atoms with E-state index in [1.54, 1.807) is 43.5 Å². The largest absolute Gasteiger partial charge is 0.423 e. The molecule has 210 valence electrons. The Morgan fingerprint density at radius 1 is 0.707 bits per heavy atom. The summed E-state index contributed by atoms with van der Waals surface area (Å²) in [7, 11) is 1.57. The number of rotatable bonds is 9. The Balaban J connectivity index is 1.31. The Morgan fingerprint density at radius 3 is 1.63 bits per heavy atom. The molecular weight excluding hydrogens is 526 g/mol. The molecule has 1 aliphatic carbocycles. The second kappa shape index (κ2) is 12.0. The van der Waals surface area contributed by atoms with E-state index in [1.807, 2.05) is 26.0 Å². The normalized spacial score (nSPS) is 13.4. The third kappa shape index (κ3) is 5.91. The average molecular weight is 557 g/mol. The molecule has 0 aromatic heterocycles. The van der Waals surface area contributed by atoms with Gasteiger partial charge in [0.2, 0.25) is 0 Å². The van der Waals surface area contributed by atoms with Gasteiger partial charge in [0.1, 0.15) is 23.1 Å². The number of hydrogen-bond acceptors (Lipinski definition) is 5. The van der Waals surface area contributed by atoms with Crippen molar-refractivity contribution in [3.05, 3.63) is 118 Å². The summed E-state index contributed by atoms with van der Waals surface area (Å²) in [5.74, 6) is -2.29. The maximum absolute atomic E-state index is 14.6. The summed E-state index contributed by atoms with van der Waals surface area (Å²) in [4.78, 5) is 25.5. The Kier molecular flexibility index (Phi) is 8.26. The van der Waals surface area contributed by atoms with Gasteiger partial charge in [-0.2, -0.15) is 0 Å². The van der Waals surface area contributed by atoms with Crippen LogP contribution in [0.3, 0.4) is 0 Å². The number of hydrogen-bond donors (Lipinski definition) is 0. The summed E-state index contributed by atoms with van der Waals surface area (Å²) in [5, 5.41) is 0. The molecule has 0 saturated carbocycles. The fourth-order valence-electron chi connectivity index (χ4n) is 5.18. The summed E-state index contributed by atoms with van der Waals surface area (Å²) in [6.07, 6.45) is 2.15. The molecule has 1 unspecified atom stereocenters. The molecule has 0 N–H and O–H groups in total. The number of benzene rings is 4. The first-order valence-electron chi connectivity index (χ1n) is 13.6. The third-order valence-electron chi connectivity index (χ3n) is 7.33. The Morgan fingerprint density at radius 2 is 1.20 bits per heavy atom. The first kappa shape index (κ1) is 28.2. The van der Waals surface area contributed by atoms with E-state index in [1.165, 1.54) is 24.3 Å². The van der Waals surface area contributed by atoms with Crippen LogP contribution in [0.2, 0.25) is 0 Å². The standard InChI is InChI=1S/C34H30F2O5/c1-4-5-21-6-10-27(31(35)16-21)33(37)40-23-8-12-25-26-13-9-24(19-30(26)20(2)29(25)18-23)41-34(38)28-11-7-22(14-15-39-3)17-32(28)36/h6-13,16-20H,4-5,14-15H2,1-3H3. The summed E-state index contributed by atoms with van der Waals surface area (Å²) in [5.41, 5.74) is 5.04. The Labute approximate surface area is 237 Å². The van der Waals surface area contributed by atoms with Crippen LogP contribution in [0, 0.1) is 11.6 Å². The van der Waals surface area contributed by atoms with Crippen molar-refractivity contribution in [2.75, 3.05) is 13.7 Å². The first-order valence-corrected chi connectivity index (χ1v) is 13.6. The first-order chi connectivity index (χ1) is 19.8. The van der Waals surface area contributed by atoms with E-state index in [2.05, 4.69) is 0 Å². The van der Waals surface area contributed by atoms with Crippen molar-refractivity contribution in [1.29, 1.82) is 0 Å². The zero-order valence-electron chi connectivity index (χ0n) is 23.1. The molecule has 0 heterocycles. The van der Waals surface area contributed by atoms with Crippen LogP contribution in [0.25, 0.3) is 11.1 Å². The molecule has 0 fully saturated rings. The van der Waals surface area contributed by atoms with Gasteiger partial charge in [0.25, 0.3) is 0 Å². The lowest BCUT2D eigenvalue weighted by Crippen LogP contribution is -2.11. The minimum atomic E-state index is -0.784. The van der Waals surface area contributed by atoms with E-state index >= 15 is 0 Å². The number of fused-ring (bicyclic) bond motifs is 3. The van der Waals surface area contributed by atoms with Gasteiger partial charge in [-0.3, -0.25) is 0 Å². The molecule has 4 aromatic rings. The highest BCUT2D eigenvalue weighted by atomic mass is 19.1. The van der Waals surface area contributed by atoms with E-state index in [9.17, 15) is 18.4 Å². The van der Waals surface area contributed by atoms with Gasteiger partial charge in [-0.25, -0.2) is 18.4 Å². The van der Waals surface area contributed by atoms with Crippen molar-refractivity contribution in [2.45, 2.75) is 39.0 Å². The van der Waals surface area contributed by atoms with Crippen molar-refractivity contribution in [3.8, 4) is 22.6 Å². The fourth-order valence-corrected chi connectivity index (χ4v) is 5.18. The summed E-state index contributed by atoms with van der Waals surface area (Å²) < 4.78 is 45.2. The summed E-state index contributed by atoms with van der Waals surface area (Å²) >= 11 is 0. The van der Waals surface area contributed by atoms with Gasteiger partial charge in [0, 0.05) is 13.0 Å². The monoisotopic (exact) mass is 556 g/mol. The van der Waals surface area contributed by atoms with E-state index < -0.39 is 23.6 Å². The molecule has 0 spiro atoms. The highest BCUT2D eigenvalue weighted by Crippen LogP contribution is 2.47. The Bertz CT molecular complexity index is 1630. The molecule has 0 aliphatic heterocycles. The summed E-state index contributed by atoms with van der Waals surface area (Å²) in [6.45, 7) is 4.45. The zero-order valence-corrected chi connectivity index (χ0v) is 23.1. The van der Waals surface area contributed by atoms with Crippen LogP contribution < -0.4 is 9.47 Å².